The first-order chi connectivity index (χ1) is 7.69. The summed E-state index contributed by atoms with van der Waals surface area (Å²) in [5, 5.41) is 0. The Morgan fingerprint density at radius 1 is 1.62 bits per heavy atom. The molecule has 3 nitrogen and oxygen atoms in total. The normalized spacial score (nSPS) is 12.2. The van der Waals surface area contributed by atoms with E-state index >= 15 is 0 Å². The lowest BCUT2D eigenvalue weighted by atomic mass is 10.1. The van der Waals surface area contributed by atoms with Gasteiger partial charge in [0.25, 0.3) is 0 Å². The summed E-state index contributed by atoms with van der Waals surface area (Å²) in [6.45, 7) is 9.72. The van der Waals surface area contributed by atoms with E-state index in [0.29, 0.717) is 0 Å². The molecule has 1 aromatic heterocycles. The van der Waals surface area contributed by atoms with Crippen LogP contribution < -0.4 is 10.6 Å². The molecule has 0 saturated carbocycles. The Labute approximate surface area is 98.0 Å². The van der Waals surface area contributed by atoms with Gasteiger partial charge in [0.1, 0.15) is 5.82 Å². The van der Waals surface area contributed by atoms with Crippen molar-refractivity contribution in [2.75, 3.05) is 18.0 Å². The van der Waals surface area contributed by atoms with Gasteiger partial charge in [0.2, 0.25) is 0 Å². The van der Waals surface area contributed by atoms with Crippen molar-refractivity contribution in [1.82, 2.24) is 4.98 Å². The molecule has 1 atom stereocenters. The highest BCUT2D eigenvalue weighted by molar-refractivity contribution is 5.42. The number of rotatable bonds is 6. The van der Waals surface area contributed by atoms with Crippen LogP contribution >= 0.6 is 0 Å². The fraction of sp³-hybridized carbons (Fsp3) is 0.462. The second-order valence-electron chi connectivity index (χ2n) is 3.97. The third kappa shape index (κ3) is 3.35. The van der Waals surface area contributed by atoms with Crippen molar-refractivity contribution in [2.45, 2.75) is 26.3 Å². The van der Waals surface area contributed by atoms with Gasteiger partial charge < -0.3 is 10.6 Å². The highest BCUT2D eigenvalue weighted by Gasteiger charge is 2.07. The van der Waals surface area contributed by atoms with E-state index in [1.807, 2.05) is 25.3 Å². The predicted molar refractivity (Wildman–Crippen MR) is 69.5 cm³/mol. The zero-order chi connectivity index (χ0) is 12.0. The number of pyridine rings is 1. The maximum Gasteiger partial charge on any atom is 0.129 e. The van der Waals surface area contributed by atoms with Gasteiger partial charge in [-0.2, -0.15) is 0 Å². The molecule has 1 heterocycles. The maximum absolute atomic E-state index is 5.86. The quantitative estimate of drug-likeness (QED) is 0.747. The monoisotopic (exact) mass is 219 g/mol. The molecule has 0 amide bonds. The van der Waals surface area contributed by atoms with Crippen LogP contribution in [0.3, 0.4) is 0 Å². The maximum atomic E-state index is 5.86. The van der Waals surface area contributed by atoms with Crippen LogP contribution in [0.15, 0.2) is 31.0 Å². The highest BCUT2D eigenvalue weighted by Crippen LogP contribution is 2.16. The molecule has 0 saturated heterocycles. The molecule has 3 heteroatoms. The van der Waals surface area contributed by atoms with Crippen molar-refractivity contribution in [1.29, 1.82) is 0 Å². The van der Waals surface area contributed by atoms with E-state index in [4.69, 9.17) is 5.73 Å². The Hall–Kier alpha value is -1.35. The van der Waals surface area contributed by atoms with Crippen molar-refractivity contribution in [3.8, 4) is 0 Å². The van der Waals surface area contributed by atoms with E-state index in [9.17, 15) is 0 Å². The molecular formula is C13H21N3. The summed E-state index contributed by atoms with van der Waals surface area (Å²) in [5.74, 6) is 0.983. The third-order valence-electron chi connectivity index (χ3n) is 2.46. The number of nitrogens with two attached hydrogens (primary N) is 1. The number of aromatic nitrogens is 1. The van der Waals surface area contributed by atoms with Gasteiger partial charge in [-0.05, 0) is 31.0 Å². The van der Waals surface area contributed by atoms with Gasteiger partial charge in [0.05, 0.1) is 0 Å². The first-order valence-electron chi connectivity index (χ1n) is 5.76. The molecule has 0 radical (unpaired) electrons. The van der Waals surface area contributed by atoms with Crippen LogP contribution in [0.1, 0.15) is 31.9 Å². The Bertz CT molecular complexity index is 334. The minimum Gasteiger partial charge on any atom is -0.353 e. The Balaban J connectivity index is 2.90. The summed E-state index contributed by atoms with van der Waals surface area (Å²) in [4.78, 5) is 6.59. The molecule has 1 aromatic rings. The molecule has 0 aliphatic rings. The van der Waals surface area contributed by atoms with E-state index in [2.05, 4.69) is 29.5 Å². The molecule has 0 aliphatic heterocycles. The summed E-state index contributed by atoms with van der Waals surface area (Å²) >= 11 is 0. The second kappa shape index (κ2) is 6.28. The third-order valence-corrected chi connectivity index (χ3v) is 2.46. The van der Waals surface area contributed by atoms with Crippen LogP contribution in [0.5, 0.6) is 0 Å². The molecule has 0 fully saturated rings. The highest BCUT2D eigenvalue weighted by atomic mass is 15.2. The zero-order valence-electron chi connectivity index (χ0n) is 10.2. The van der Waals surface area contributed by atoms with Gasteiger partial charge in [-0.1, -0.05) is 13.0 Å². The van der Waals surface area contributed by atoms with Crippen LogP contribution in [0.2, 0.25) is 0 Å². The predicted octanol–water partition coefficient (Wildman–Crippen LogP) is 2.50. The average molecular weight is 219 g/mol. The van der Waals surface area contributed by atoms with Crippen LogP contribution in [-0.2, 0) is 0 Å². The lowest BCUT2D eigenvalue weighted by Crippen LogP contribution is -2.25. The molecule has 0 aromatic carbocycles. The van der Waals surface area contributed by atoms with Crippen molar-refractivity contribution in [2.24, 2.45) is 5.73 Å². The SMILES string of the molecule is C=CCN(CCC)c1cc([C@H](C)N)ccn1. The van der Waals surface area contributed by atoms with Gasteiger partial charge in [0, 0.05) is 25.3 Å². The molecule has 0 spiro atoms. The fourth-order valence-electron chi connectivity index (χ4n) is 1.62. The zero-order valence-corrected chi connectivity index (χ0v) is 10.2. The number of hydrogen-bond acceptors (Lipinski definition) is 3. The van der Waals surface area contributed by atoms with E-state index < -0.39 is 0 Å². The lowest BCUT2D eigenvalue weighted by molar-refractivity contribution is 0.786. The van der Waals surface area contributed by atoms with Crippen LogP contribution in [0.4, 0.5) is 5.82 Å². The van der Waals surface area contributed by atoms with Gasteiger partial charge in [0.15, 0.2) is 0 Å². The molecule has 1 rings (SSSR count). The van der Waals surface area contributed by atoms with Gasteiger partial charge in [-0.3, -0.25) is 0 Å². The van der Waals surface area contributed by atoms with Gasteiger partial charge >= 0.3 is 0 Å². The summed E-state index contributed by atoms with van der Waals surface area (Å²) < 4.78 is 0. The first-order valence-corrected chi connectivity index (χ1v) is 5.76. The molecule has 88 valence electrons. The largest absolute Gasteiger partial charge is 0.353 e. The Morgan fingerprint density at radius 2 is 2.38 bits per heavy atom. The number of anilines is 1. The van der Waals surface area contributed by atoms with Crippen LogP contribution in [0.25, 0.3) is 0 Å². The van der Waals surface area contributed by atoms with Crippen LogP contribution in [-0.4, -0.2) is 18.1 Å². The van der Waals surface area contributed by atoms with Crippen molar-refractivity contribution in [3.63, 3.8) is 0 Å². The Kier molecular flexibility index (Phi) is 4.99. The molecular weight excluding hydrogens is 198 g/mol. The minimum absolute atomic E-state index is 0.0500. The van der Waals surface area contributed by atoms with E-state index in [1.165, 1.54) is 0 Å². The first kappa shape index (κ1) is 12.7. The minimum atomic E-state index is 0.0500. The fourth-order valence-corrected chi connectivity index (χ4v) is 1.62. The number of nitrogens with zero attached hydrogens (tertiary/aromatic N) is 2. The second-order valence-corrected chi connectivity index (χ2v) is 3.97. The lowest BCUT2D eigenvalue weighted by Gasteiger charge is -2.22. The molecule has 0 aliphatic carbocycles. The summed E-state index contributed by atoms with van der Waals surface area (Å²) in [6, 6.07) is 4.07. The average Bonchev–Trinajstić information content (AvgIpc) is 2.29. The van der Waals surface area contributed by atoms with Crippen molar-refractivity contribution < 1.29 is 0 Å². The summed E-state index contributed by atoms with van der Waals surface area (Å²) in [5.41, 5.74) is 6.98. The van der Waals surface area contributed by atoms with Crippen LogP contribution in [0, 0.1) is 0 Å². The van der Waals surface area contributed by atoms with Crippen molar-refractivity contribution >= 4 is 5.82 Å². The van der Waals surface area contributed by atoms with E-state index in [0.717, 1.165) is 30.9 Å². The van der Waals surface area contributed by atoms with Crippen molar-refractivity contribution in [3.05, 3.63) is 36.5 Å². The Morgan fingerprint density at radius 3 is 2.94 bits per heavy atom. The topological polar surface area (TPSA) is 42.1 Å². The molecule has 2 N–H and O–H groups in total. The van der Waals surface area contributed by atoms with E-state index in [1.54, 1.807) is 0 Å². The molecule has 0 bridgehead atoms. The van der Waals surface area contributed by atoms with Gasteiger partial charge in [-0.15, -0.1) is 6.58 Å². The number of hydrogen-bond donors (Lipinski definition) is 1. The van der Waals surface area contributed by atoms with Gasteiger partial charge in [-0.25, -0.2) is 4.98 Å². The van der Waals surface area contributed by atoms with E-state index in [-0.39, 0.29) is 6.04 Å². The summed E-state index contributed by atoms with van der Waals surface area (Å²) in [6.07, 6.45) is 4.81. The standard InChI is InChI=1S/C13H21N3/c1-4-8-16(9-5-2)13-10-12(11(3)14)6-7-15-13/h4,6-7,10-11H,1,5,8-9,14H2,2-3H3/t11-/m0/s1. The smallest absolute Gasteiger partial charge is 0.129 e. The summed E-state index contributed by atoms with van der Waals surface area (Å²) in [7, 11) is 0. The molecule has 0 unspecified atom stereocenters. The molecule has 16 heavy (non-hydrogen) atoms.